The van der Waals surface area contributed by atoms with Gasteiger partial charge >= 0.3 is 5.97 Å². The van der Waals surface area contributed by atoms with Gasteiger partial charge in [-0.05, 0) is 41.1 Å². The summed E-state index contributed by atoms with van der Waals surface area (Å²) in [5.74, 6) is 0.484. The highest BCUT2D eigenvalue weighted by Gasteiger charge is 2.15. The number of hydrogen-bond acceptors (Lipinski definition) is 4. The second-order valence-corrected chi connectivity index (χ2v) is 4.91. The van der Waals surface area contributed by atoms with E-state index in [-0.39, 0.29) is 12.4 Å². The maximum Gasteiger partial charge on any atom is 0.371 e. The van der Waals surface area contributed by atoms with Gasteiger partial charge in [-0.15, -0.1) is 0 Å². The Morgan fingerprint density at radius 2 is 2.20 bits per heavy atom. The third kappa shape index (κ3) is 2.96. The Hall–Kier alpha value is -1.95. The van der Waals surface area contributed by atoms with Crippen molar-refractivity contribution in [2.24, 2.45) is 0 Å². The lowest BCUT2D eigenvalue weighted by molar-refractivity contribution is 0.0661. The molecule has 0 amide bonds. The van der Waals surface area contributed by atoms with Gasteiger partial charge in [-0.25, -0.2) is 4.79 Å². The van der Waals surface area contributed by atoms with Crippen LogP contribution in [0.25, 0.3) is 0 Å². The van der Waals surface area contributed by atoms with Crippen LogP contribution in [0.4, 0.5) is 0 Å². The van der Waals surface area contributed by atoms with Crippen molar-refractivity contribution in [1.82, 2.24) is 0 Å². The SMILES string of the molecule is COc1cccc(Br)c1OCc1cc(C(=O)O)oc1C. The van der Waals surface area contributed by atoms with Crippen molar-refractivity contribution in [3.63, 3.8) is 0 Å². The predicted octanol–water partition coefficient (Wildman–Crippen LogP) is 3.64. The Morgan fingerprint density at radius 1 is 1.45 bits per heavy atom. The molecular weight excluding hydrogens is 328 g/mol. The van der Waals surface area contributed by atoms with Crippen molar-refractivity contribution in [3.05, 3.63) is 45.8 Å². The van der Waals surface area contributed by atoms with Crippen LogP contribution in [0.1, 0.15) is 21.9 Å². The van der Waals surface area contributed by atoms with E-state index in [0.717, 1.165) is 4.47 Å². The van der Waals surface area contributed by atoms with E-state index in [1.807, 2.05) is 12.1 Å². The molecule has 1 N–H and O–H groups in total. The average molecular weight is 341 g/mol. The highest BCUT2D eigenvalue weighted by atomic mass is 79.9. The standard InChI is InChI=1S/C14H13BrO5/c1-8-9(6-12(20-8)14(16)17)7-19-13-10(15)4-3-5-11(13)18-2/h3-6H,7H2,1-2H3,(H,16,17). The van der Waals surface area contributed by atoms with E-state index in [2.05, 4.69) is 15.9 Å². The smallest absolute Gasteiger partial charge is 0.371 e. The number of hydrogen-bond donors (Lipinski definition) is 1. The maximum atomic E-state index is 10.8. The molecule has 0 radical (unpaired) electrons. The molecule has 0 saturated carbocycles. The number of furan rings is 1. The van der Waals surface area contributed by atoms with Crippen LogP contribution in [0, 0.1) is 6.92 Å². The number of methoxy groups -OCH3 is 1. The number of carbonyl (C=O) groups is 1. The van der Waals surface area contributed by atoms with Gasteiger partial charge in [0.15, 0.2) is 11.5 Å². The Morgan fingerprint density at radius 3 is 2.80 bits per heavy atom. The number of rotatable bonds is 5. The highest BCUT2D eigenvalue weighted by molar-refractivity contribution is 9.10. The number of para-hydroxylation sites is 1. The fourth-order valence-electron chi connectivity index (χ4n) is 1.71. The average Bonchev–Trinajstić information content (AvgIpc) is 2.79. The molecule has 0 fully saturated rings. The lowest BCUT2D eigenvalue weighted by atomic mass is 10.2. The minimum absolute atomic E-state index is 0.0970. The number of benzene rings is 1. The molecule has 0 unspecified atom stereocenters. The van der Waals surface area contributed by atoms with Crippen LogP contribution in [0.2, 0.25) is 0 Å². The van der Waals surface area contributed by atoms with E-state index in [9.17, 15) is 4.79 Å². The summed E-state index contributed by atoms with van der Waals surface area (Å²) in [5.41, 5.74) is 0.681. The summed E-state index contributed by atoms with van der Waals surface area (Å²) in [5, 5.41) is 8.87. The van der Waals surface area contributed by atoms with Crippen molar-refractivity contribution in [2.75, 3.05) is 7.11 Å². The van der Waals surface area contributed by atoms with Crippen LogP contribution in [-0.4, -0.2) is 18.2 Å². The molecule has 6 heteroatoms. The zero-order valence-electron chi connectivity index (χ0n) is 11.0. The number of aryl methyl sites for hydroxylation is 1. The van der Waals surface area contributed by atoms with Gasteiger partial charge in [0.2, 0.25) is 5.76 Å². The summed E-state index contributed by atoms with van der Waals surface area (Å²) in [6.45, 7) is 1.89. The molecule has 1 heterocycles. The Balaban J connectivity index is 2.19. The van der Waals surface area contributed by atoms with Crippen molar-refractivity contribution >= 4 is 21.9 Å². The summed E-state index contributed by atoms with van der Waals surface area (Å²) < 4.78 is 16.8. The van der Waals surface area contributed by atoms with Gasteiger partial charge in [0, 0.05) is 5.56 Å². The molecule has 106 valence electrons. The van der Waals surface area contributed by atoms with E-state index in [1.54, 1.807) is 20.1 Å². The summed E-state index contributed by atoms with van der Waals surface area (Å²) in [4.78, 5) is 10.8. The first-order valence-electron chi connectivity index (χ1n) is 5.81. The van der Waals surface area contributed by atoms with Crippen LogP contribution in [0.3, 0.4) is 0 Å². The fraction of sp³-hybridized carbons (Fsp3) is 0.214. The van der Waals surface area contributed by atoms with E-state index >= 15 is 0 Å². The van der Waals surface area contributed by atoms with Crippen molar-refractivity contribution in [3.8, 4) is 11.5 Å². The molecule has 2 rings (SSSR count). The second-order valence-electron chi connectivity index (χ2n) is 4.06. The predicted molar refractivity (Wildman–Crippen MR) is 75.4 cm³/mol. The van der Waals surface area contributed by atoms with E-state index in [4.69, 9.17) is 19.0 Å². The van der Waals surface area contributed by atoms with E-state index in [1.165, 1.54) is 6.07 Å². The second kappa shape index (κ2) is 6.00. The number of carboxylic acids is 1. The van der Waals surface area contributed by atoms with Gasteiger partial charge in [0.1, 0.15) is 12.4 Å². The zero-order chi connectivity index (χ0) is 14.7. The normalized spacial score (nSPS) is 10.3. The first kappa shape index (κ1) is 14.5. The van der Waals surface area contributed by atoms with Crippen molar-refractivity contribution < 1.29 is 23.8 Å². The van der Waals surface area contributed by atoms with Crippen LogP contribution in [-0.2, 0) is 6.61 Å². The van der Waals surface area contributed by atoms with Gasteiger partial charge in [0.05, 0.1) is 11.6 Å². The number of aromatic carboxylic acids is 1. The molecule has 0 aliphatic carbocycles. The molecular formula is C14H13BrO5. The zero-order valence-corrected chi connectivity index (χ0v) is 12.6. The Labute approximate surface area is 124 Å². The molecule has 0 spiro atoms. The lowest BCUT2D eigenvalue weighted by Gasteiger charge is -2.11. The monoisotopic (exact) mass is 340 g/mol. The largest absolute Gasteiger partial charge is 0.493 e. The molecule has 0 atom stereocenters. The lowest BCUT2D eigenvalue weighted by Crippen LogP contribution is -1.99. The van der Waals surface area contributed by atoms with Gasteiger partial charge in [-0.2, -0.15) is 0 Å². The highest BCUT2D eigenvalue weighted by Crippen LogP contribution is 2.35. The number of carboxylic acid groups (broad SMARTS) is 1. The molecule has 2 aromatic rings. The summed E-state index contributed by atoms with van der Waals surface area (Å²) in [6, 6.07) is 6.91. The van der Waals surface area contributed by atoms with Crippen molar-refractivity contribution in [1.29, 1.82) is 0 Å². The molecule has 0 aliphatic rings. The van der Waals surface area contributed by atoms with Crippen LogP contribution < -0.4 is 9.47 Å². The summed E-state index contributed by atoms with van der Waals surface area (Å²) in [6.07, 6.45) is 0. The Bertz CT molecular complexity index is 632. The van der Waals surface area contributed by atoms with Crippen LogP contribution in [0.5, 0.6) is 11.5 Å². The minimum atomic E-state index is -1.10. The first-order valence-corrected chi connectivity index (χ1v) is 6.60. The summed E-state index contributed by atoms with van der Waals surface area (Å²) >= 11 is 3.39. The third-order valence-electron chi connectivity index (χ3n) is 2.75. The van der Waals surface area contributed by atoms with Gasteiger partial charge in [-0.1, -0.05) is 6.07 Å². The van der Waals surface area contributed by atoms with Gasteiger partial charge in [0.25, 0.3) is 0 Å². The number of halogens is 1. The topological polar surface area (TPSA) is 68.9 Å². The van der Waals surface area contributed by atoms with E-state index in [0.29, 0.717) is 22.8 Å². The molecule has 0 saturated heterocycles. The Kier molecular flexibility index (Phi) is 4.34. The quantitative estimate of drug-likeness (QED) is 0.899. The van der Waals surface area contributed by atoms with Gasteiger partial charge < -0.3 is 19.0 Å². The molecule has 1 aromatic heterocycles. The molecule has 20 heavy (non-hydrogen) atoms. The van der Waals surface area contributed by atoms with Crippen LogP contribution in [0.15, 0.2) is 33.2 Å². The van der Waals surface area contributed by atoms with E-state index < -0.39 is 5.97 Å². The molecule has 5 nitrogen and oxygen atoms in total. The molecule has 0 bridgehead atoms. The van der Waals surface area contributed by atoms with Crippen molar-refractivity contribution in [2.45, 2.75) is 13.5 Å². The van der Waals surface area contributed by atoms with Crippen LogP contribution >= 0.6 is 15.9 Å². The third-order valence-corrected chi connectivity index (χ3v) is 3.38. The minimum Gasteiger partial charge on any atom is -0.493 e. The van der Waals surface area contributed by atoms with Gasteiger partial charge in [-0.3, -0.25) is 0 Å². The fourth-order valence-corrected chi connectivity index (χ4v) is 2.17. The molecule has 1 aromatic carbocycles. The summed E-state index contributed by atoms with van der Waals surface area (Å²) in [7, 11) is 1.56. The number of ether oxygens (including phenoxy) is 2. The first-order chi connectivity index (χ1) is 9.52. The maximum absolute atomic E-state index is 10.8. The molecule has 0 aliphatic heterocycles.